The molecule has 0 radical (unpaired) electrons. The molecule has 17 heavy (non-hydrogen) atoms. The number of hydrogen-bond acceptors (Lipinski definition) is 5. The molecule has 90 valence electrons. The number of nitrogens with zero attached hydrogens (tertiary/aromatic N) is 2. The smallest absolute Gasteiger partial charge is 0.302 e. The maximum Gasteiger partial charge on any atom is 0.302 e. The van der Waals surface area contributed by atoms with E-state index in [1.807, 2.05) is 26.0 Å². The molecule has 0 aromatic carbocycles. The lowest BCUT2D eigenvalue weighted by Gasteiger charge is -2.09. The van der Waals surface area contributed by atoms with E-state index in [0.29, 0.717) is 5.56 Å². The zero-order valence-corrected chi connectivity index (χ0v) is 10.1. The van der Waals surface area contributed by atoms with Crippen LogP contribution in [0.25, 0.3) is 0 Å². The van der Waals surface area contributed by atoms with E-state index >= 15 is 0 Å². The highest BCUT2D eigenvalue weighted by atomic mass is 16.6. The van der Waals surface area contributed by atoms with Crippen molar-refractivity contribution in [2.75, 3.05) is 13.2 Å². The fraction of sp³-hybridized carbons (Fsp3) is 0.417. The monoisotopic (exact) mass is 234 g/mol. The Morgan fingerprint density at radius 1 is 1.47 bits per heavy atom. The zero-order chi connectivity index (χ0) is 12.8. The molecule has 0 fully saturated rings. The van der Waals surface area contributed by atoms with Crippen molar-refractivity contribution < 1.29 is 14.3 Å². The van der Waals surface area contributed by atoms with Crippen molar-refractivity contribution in [1.29, 1.82) is 5.26 Å². The van der Waals surface area contributed by atoms with Gasteiger partial charge in [-0.15, -0.1) is 0 Å². The maximum atomic E-state index is 10.5. The molecular formula is C12H14N2O3. The summed E-state index contributed by atoms with van der Waals surface area (Å²) in [6, 6.07) is 3.86. The van der Waals surface area contributed by atoms with Crippen LogP contribution in [-0.2, 0) is 9.53 Å². The molecule has 1 heterocycles. The van der Waals surface area contributed by atoms with Crippen LogP contribution in [0.5, 0.6) is 5.88 Å². The largest absolute Gasteiger partial charge is 0.473 e. The van der Waals surface area contributed by atoms with Gasteiger partial charge in [-0.3, -0.25) is 4.79 Å². The average molecular weight is 234 g/mol. The number of pyridine rings is 1. The maximum absolute atomic E-state index is 10.5. The van der Waals surface area contributed by atoms with E-state index in [1.54, 1.807) is 0 Å². The molecule has 0 unspecified atom stereocenters. The van der Waals surface area contributed by atoms with Crippen LogP contribution in [0.3, 0.4) is 0 Å². The van der Waals surface area contributed by atoms with Crippen LogP contribution in [0.15, 0.2) is 6.07 Å². The molecule has 1 rings (SSSR count). The summed E-state index contributed by atoms with van der Waals surface area (Å²) >= 11 is 0. The van der Waals surface area contributed by atoms with Crippen LogP contribution in [0.4, 0.5) is 0 Å². The minimum atomic E-state index is -0.359. The lowest BCUT2D eigenvalue weighted by Crippen LogP contribution is -2.11. The first-order valence-corrected chi connectivity index (χ1v) is 5.19. The van der Waals surface area contributed by atoms with Gasteiger partial charge in [0.05, 0.1) is 0 Å². The van der Waals surface area contributed by atoms with Gasteiger partial charge in [0.15, 0.2) is 0 Å². The molecule has 0 N–H and O–H groups in total. The Labute approximate surface area is 100.0 Å². The summed E-state index contributed by atoms with van der Waals surface area (Å²) in [7, 11) is 0. The van der Waals surface area contributed by atoms with E-state index in [-0.39, 0.29) is 25.1 Å². The van der Waals surface area contributed by atoms with E-state index in [2.05, 4.69) is 4.98 Å². The summed E-state index contributed by atoms with van der Waals surface area (Å²) in [5.41, 5.74) is 2.02. The first-order chi connectivity index (χ1) is 8.04. The van der Waals surface area contributed by atoms with Gasteiger partial charge in [-0.25, -0.2) is 4.98 Å². The van der Waals surface area contributed by atoms with Crippen molar-refractivity contribution >= 4 is 5.97 Å². The van der Waals surface area contributed by atoms with Gasteiger partial charge >= 0.3 is 5.97 Å². The van der Waals surface area contributed by atoms with E-state index in [9.17, 15) is 4.79 Å². The Hall–Kier alpha value is -2.09. The summed E-state index contributed by atoms with van der Waals surface area (Å²) in [4.78, 5) is 14.7. The fourth-order valence-electron chi connectivity index (χ4n) is 1.37. The van der Waals surface area contributed by atoms with Gasteiger partial charge in [-0.2, -0.15) is 5.26 Å². The van der Waals surface area contributed by atoms with Crippen molar-refractivity contribution in [3.05, 3.63) is 22.9 Å². The van der Waals surface area contributed by atoms with Crippen molar-refractivity contribution in [2.24, 2.45) is 0 Å². The number of nitriles is 1. The molecular weight excluding hydrogens is 220 g/mol. The number of aryl methyl sites for hydroxylation is 2. The minimum Gasteiger partial charge on any atom is -0.473 e. The van der Waals surface area contributed by atoms with E-state index < -0.39 is 0 Å². The third-order valence-electron chi connectivity index (χ3n) is 2.05. The van der Waals surface area contributed by atoms with Crippen molar-refractivity contribution in [2.45, 2.75) is 20.8 Å². The number of carbonyl (C=O) groups is 1. The second-order valence-corrected chi connectivity index (χ2v) is 3.56. The van der Waals surface area contributed by atoms with Crippen LogP contribution in [0, 0.1) is 25.2 Å². The highest BCUT2D eigenvalue weighted by Crippen LogP contribution is 2.19. The Morgan fingerprint density at radius 3 is 2.76 bits per heavy atom. The summed E-state index contributed by atoms with van der Waals surface area (Å²) in [6.45, 7) is 5.31. The quantitative estimate of drug-likeness (QED) is 0.583. The Balaban J connectivity index is 2.70. The average Bonchev–Trinajstić information content (AvgIpc) is 2.23. The summed E-state index contributed by atoms with van der Waals surface area (Å²) in [5.74, 6) is -0.0698. The molecule has 0 aliphatic rings. The standard InChI is InChI=1S/C12H14N2O3/c1-8-6-9(2)14-12(11(8)7-13)17-5-4-16-10(3)15/h6H,4-5H2,1-3H3. The van der Waals surface area contributed by atoms with Gasteiger partial charge in [-0.05, 0) is 25.5 Å². The first kappa shape index (κ1) is 13.0. The SMILES string of the molecule is CC(=O)OCCOc1nc(C)cc(C)c1C#N. The molecule has 1 aromatic heterocycles. The second kappa shape index (κ2) is 5.85. The highest BCUT2D eigenvalue weighted by molar-refractivity contribution is 5.65. The third kappa shape index (κ3) is 3.76. The van der Waals surface area contributed by atoms with Crippen LogP contribution in [-0.4, -0.2) is 24.2 Å². The topological polar surface area (TPSA) is 72.2 Å². The van der Waals surface area contributed by atoms with Crippen LogP contribution < -0.4 is 4.74 Å². The minimum absolute atomic E-state index is 0.148. The number of hydrogen-bond donors (Lipinski definition) is 0. The van der Waals surface area contributed by atoms with Gasteiger partial charge in [0.2, 0.25) is 5.88 Å². The van der Waals surface area contributed by atoms with Crippen LogP contribution in [0.2, 0.25) is 0 Å². The predicted octanol–water partition coefficient (Wildman–Crippen LogP) is 1.51. The van der Waals surface area contributed by atoms with Crippen LogP contribution in [0.1, 0.15) is 23.7 Å². The number of ether oxygens (including phenoxy) is 2. The highest BCUT2D eigenvalue weighted by Gasteiger charge is 2.09. The molecule has 1 aromatic rings. The normalized spacial score (nSPS) is 9.53. The molecule has 0 saturated carbocycles. The Bertz CT molecular complexity index is 464. The van der Waals surface area contributed by atoms with E-state index in [1.165, 1.54) is 6.92 Å². The molecule has 0 bridgehead atoms. The van der Waals surface area contributed by atoms with Crippen molar-refractivity contribution in [3.8, 4) is 11.9 Å². The Kier molecular flexibility index (Phi) is 4.46. The van der Waals surface area contributed by atoms with Crippen molar-refractivity contribution in [3.63, 3.8) is 0 Å². The third-order valence-corrected chi connectivity index (χ3v) is 2.05. The molecule has 0 atom stereocenters. The molecule has 0 aliphatic carbocycles. The second-order valence-electron chi connectivity index (χ2n) is 3.56. The molecule has 0 spiro atoms. The molecule has 5 heteroatoms. The molecule has 5 nitrogen and oxygen atoms in total. The van der Waals surface area contributed by atoms with Crippen molar-refractivity contribution in [1.82, 2.24) is 4.98 Å². The summed E-state index contributed by atoms with van der Waals surface area (Å²) in [5, 5.41) is 8.98. The number of aromatic nitrogens is 1. The van der Waals surface area contributed by atoms with E-state index in [0.717, 1.165) is 11.3 Å². The lowest BCUT2D eigenvalue weighted by atomic mass is 10.1. The summed E-state index contributed by atoms with van der Waals surface area (Å²) in [6.07, 6.45) is 0. The van der Waals surface area contributed by atoms with Crippen LogP contribution >= 0.6 is 0 Å². The van der Waals surface area contributed by atoms with Gasteiger partial charge in [0, 0.05) is 12.6 Å². The number of carbonyl (C=O) groups excluding carboxylic acids is 1. The number of esters is 1. The molecule has 0 aliphatic heterocycles. The van der Waals surface area contributed by atoms with Gasteiger partial charge in [0.25, 0.3) is 0 Å². The lowest BCUT2D eigenvalue weighted by molar-refractivity contribution is -0.141. The molecule has 0 saturated heterocycles. The summed E-state index contributed by atoms with van der Waals surface area (Å²) < 4.78 is 10.1. The van der Waals surface area contributed by atoms with Gasteiger partial charge in [0.1, 0.15) is 24.8 Å². The Morgan fingerprint density at radius 2 is 2.18 bits per heavy atom. The fourth-order valence-corrected chi connectivity index (χ4v) is 1.37. The number of rotatable bonds is 4. The molecule has 0 amide bonds. The van der Waals surface area contributed by atoms with Gasteiger partial charge < -0.3 is 9.47 Å². The zero-order valence-electron chi connectivity index (χ0n) is 10.1. The van der Waals surface area contributed by atoms with Gasteiger partial charge in [-0.1, -0.05) is 0 Å². The van der Waals surface area contributed by atoms with E-state index in [4.69, 9.17) is 14.7 Å². The predicted molar refractivity (Wildman–Crippen MR) is 60.6 cm³/mol. The first-order valence-electron chi connectivity index (χ1n) is 5.19.